The van der Waals surface area contributed by atoms with Crippen LogP contribution in [0.15, 0.2) is 125 Å². The normalized spacial score (nSPS) is 30.6. The maximum atomic E-state index is 11.7. The van der Waals surface area contributed by atoms with E-state index < -0.39 is 130 Å². The number of pyridine rings is 1. The van der Waals surface area contributed by atoms with E-state index in [1.165, 1.54) is 4.90 Å². The van der Waals surface area contributed by atoms with Crippen molar-refractivity contribution in [3.8, 4) is 11.3 Å². The summed E-state index contributed by atoms with van der Waals surface area (Å²) >= 11 is 0. The van der Waals surface area contributed by atoms with E-state index in [9.17, 15) is 24.7 Å². The molecule has 4 bridgehead atoms. The number of anilines is 7. The van der Waals surface area contributed by atoms with E-state index in [0.29, 0.717) is 74.5 Å². The van der Waals surface area contributed by atoms with Crippen molar-refractivity contribution >= 4 is 84.9 Å². The molecule has 0 spiro atoms. The van der Waals surface area contributed by atoms with Crippen LogP contribution in [-0.4, -0.2) is 22.8 Å². The van der Waals surface area contributed by atoms with E-state index in [-0.39, 0.29) is 149 Å². The molecule has 6 aliphatic carbocycles. The quantitative estimate of drug-likeness (QED) is 0.164. The van der Waals surface area contributed by atoms with Crippen LogP contribution in [0.2, 0.25) is 0 Å². The smallest absolute Gasteiger partial charge is 0.252 e. The third kappa shape index (κ3) is 6.52. The molecule has 6 aromatic carbocycles. The van der Waals surface area contributed by atoms with Crippen molar-refractivity contribution in [1.29, 1.82) is 0 Å². The second-order valence-electron chi connectivity index (χ2n) is 28.0. The Morgan fingerprint density at radius 3 is 2.05 bits per heavy atom. The van der Waals surface area contributed by atoms with Crippen LogP contribution in [-0.2, 0) is 29.1 Å². The Kier molecular flexibility index (Phi) is 6.37. The van der Waals surface area contributed by atoms with Crippen LogP contribution in [0.25, 0.3) is 33.2 Å². The Hall–Kier alpha value is -6.27. The lowest BCUT2D eigenvalue weighted by molar-refractivity contribution is 0.000638. The van der Waals surface area contributed by atoms with Crippen molar-refractivity contribution in [3.63, 3.8) is 0 Å². The van der Waals surface area contributed by atoms with Crippen LogP contribution in [0.3, 0.4) is 0 Å². The first-order valence-corrected chi connectivity index (χ1v) is 28.6. The fourth-order valence-electron chi connectivity index (χ4n) is 16.8. The molecule has 8 aromatic rings. The topological polar surface area (TPSA) is 35.8 Å². The summed E-state index contributed by atoms with van der Waals surface area (Å²) in [6, 6.07) is -8.01. The van der Waals surface area contributed by atoms with Gasteiger partial charge in [0, 0.05) is 67.6 Å². The van der Waals surface area contributed by atoms with Crippen LogP contribution < -0.4 is 31.1 Å². The van der Waals surface area contributed by atoms with Gasteiger partial charge < -0.3 is 19.1 Å². The number of rotatable bonds is 4. The van der Waals surface area contributed by atoms with Crippen LogP contribution in [0.5, 0.6) is 0 Å². The molecule has 5 heterocycles. The lowest BCUT2D eigenvalue weighted by Gasteiger charge is -2.62. The van der Waals surface area contributed by atoms with Gasteiger partial charge in [-0.15, -0.1) is 0 Å². The Labute approximate surface area is 492 Å². The van der Waals surface area contributed by atoms with Crippen molar-refractivity contribution in [1.82, 2.24) is 4.98 Å². The Bertz CT molecular complexity index is 5030. The zero-order valence-corrected chi connectivity index (χ0v) is 46.5. The molecule has 9 aliphatic rings. The van der Waals surface area contributed by atoms with Gasteiger partial charge in [-0.05, 0) is 216 Å². The zero-order valence-electron chi connectivity index (χ0n) is 66.5. The van der Waals surface area contributed by atoms with Gasteiger partial charge >= 0.3 is 0 Å². The van der Waals surface area contributed by atoms with Crippen molar-refractivity contribution in [2.75, 3.05) is 14.7 Å². The van der Waals surface area contributed by atoms with E-state index in [1.54, 1.807) is 25.7 Å². The molecule has 0 saturated heterocycles. The highest BCUT2D eigenvalue weighted by atomic mass is 16.3. The van der Waals surface area contributed by atoms with E-state index in [4.69, 9.17) is 7.16 Å². The SMILES string of the molecule is [2H]c1nc(-c2c([2H])c(C(C)(C)C)c([2H])c([2H])c2N2c3c([2H])c(N4c5c([2H])c([2H])c([2H])c([2H])c5C5(C)CCCCC45C)c([2H])c4c3B(c3c([2H])c(C(C)(C)C)c([2H])c([2H])c3N4C34CC5CC(CC(C5)C3)C4)c3c2c([2H])c2c(oc4c([2H])c([2H])c5c(c42)CC(C)(C)C5)c3[2H])c([2H])c([2H])c1[2H]. The average molecular weight is 1050 g/mol. The Morgan fingerprint density at radius 2 is 1.29 bits per heavy atom. The third-order valence-electron chi connectivity index (χ3n) is 20.2. The van der Waals surface area contributed by atoms with Crippen LogP contribution in [0.1, 0.15) is 189 Å². The standard InChI is InChI=1S/C72H77BN4O/c1-67(2,3)47-21-23-57(50(32-47)56-18-13-16-28-74-56)75-60-36-51-64(78-63-25-20-46-41-69(7,8)42-52(46)65(51)63)37-55(60)73-54-33-48(68(4,5)6)22-24-59(54)77(72-38-43-29-44(39-72)31-45(30-43)40-72)62-35-49(34-61(75)66(62)73)76-58-19-12-11-17-53(58)70(9)26-14-15-27-71(70,76)10/h11-13,16-25,28,32-37,43-45H,14-15,26-27,29-31,38-42H2,1-10H3/i11D,12D,13D,16D,17D,18D,19D,20D,21D,22D,23D,24D,25D,28D,32D,33D,34D,35D,36D,37D. The van der Waals surface area contributed by atoms with Gasteiger partial charge in [0.15, 0.2) is 0 Å². The molecule has 5 saturated carbocycles. The molecular weight excluding hydrogens is 948 g/mol. The first-order chi connectivity index (χ1) is 45.7. The summed E-state index contributed by atoms with van der Waals surface area (Å²) in [4.78, 5) is 9.70. The minimum Gasteiger partial charge on any atom is -0.456 e. The van der Waals surface area contributed by atoms with Crippen molar-refractivity contribution < 1.29 is 31.8 Å². The number of benzene rings is 6. The maximum Gasteiger partial charge on any atom is 0.252 e. The van der Waals surface area contributed by atoms with E-state index >= 15 is 0 Å². The summed E-state index contributed by atoms with van der Waals surface area (Å²) in [5.74, 6) is 0.565. The van der Waals surface area contributed by atoms with Crippen molar-refractivity contribution in [3.05, 3.63) is 149 Å². The van der Waals surface area contributed by atoms with Crippen molar-refractivity contribution in [2.24, 2.45) is 23.2 Å². The van der Waals surface area contributed by atoms with E-state index in [1.807, 2.05) is 53.4 Å². The lowest BCUT2D eigenvalue weighted by atomic mass is 9.33. The average Bonchev–Trinajstić information content (AvgIpc) is 0.998. The minimum absolute atomic E-state index is 0.00577. The van der Waals surface area contributed by atoms with Crippen LogP contribution in [0, 0.1) is 23.2 Å². The summed E-state index contributed by atoms with van der Waals surface area (Å²) < 4.78 is 211. The zero-order chi connectivity index (χ0) is 70.6. The second kappa shape index (κ2) is 15.8. The lowest BCUT2D eigenvalue weighted by Crippen LogP contribution is -2.67. The van der Waals surface area contributed by atoms with Crippen LogP contribution in [0.4, 0.5) is 39.8 Å². The molecule has 17 rings (SSSR count). The molecule has 6 heteroatoms. The predicted molar refractivity (Wildman–Crippen MR) is 327 cm³/mol. The minimum atomic E-state index is -1.53. The fraction of sp³-hybridized carbons (Fsp3) is 0.431. The highest BCUT2D eigenvalue weighted by molar-refractivity contribution is 7.00. The molecule has 2 aromatic heterocycles. The number of para-hydroxylation sites is 1. The molecule has 0 amide bonds. The second-order valence-corrected chi connectivity index (χ2v) is 28.0. The van der Waals surface area contributed by atoms with Gasteiger partial charge in [-0.3, -0.25) is 4.98 Å². The van der Waals surface area contributed by atoms with Gasteiger partial charge in [-0.1, -0.05) is 123 Å². The first-order valence-electron chi connectivity index (χ1n) is 38.6. The number of nitrogens with zero attached hydrogens (tertiary/aromatic N) is 4. The molecule has 5 nitrogen and oxygen atoms in total. The molecule has 3 aliphatic heterocycles. The molecule has 394 valence electrons. The molecule has 0 radical (unpaired) electrons. The molecule has 78 heavy (non-hydrogen) atoms. The highest BCUT2D eigenvalue weighted by Gasteiger charge is 2.60. The van der Waals surface area contributed by atoms with Crippen LogP contribution >= 0.6 is 0 Å². The summed E-state index contributed by atoms with van der Waals surface area (Å²) in [5.41, 5.74) is -5.86. The molecule has 0 N–H and O–H groups in total. The molecule has 5 fully saturated rings. The number of furan rings is 1. The molecular formula is C72H77BN4O. The van der Waals surface area contributed by atoms with Gasteiger partial charge in [-0.2, -0.15) is 0 Å². The maximum absolute atomic E-state index is 11.7. The van der Waals surface area contributed by atoms with E-state index in [0.717, 1.165) is 19.3 Å². The monoisotopic (exact) mass is 1040 g/mol. The predicted octanol–water partition coefficient (Wildman–Crippen LogP) is 16.8. The summed E-state index contributed by atoms with van der Waals surface area (Å²) in [7, 11) is 0. The number of fused-ring (bicyclic) bond motifs is 12. The summed E-state index contributed by atoms with van der Waals surface area (Å²) in [5, 5.41) is 0.302. The number of aromatic nitrogens is 1. The third-order valence-corrected chi connectivity index (χ3v) is 20.2. The van der Waals surface area contributed by atoms with Gasteiger partial charge in [0.25, 0.3) is 6.71 Å². The van der Waals surface area contributed by atoms with Gasteiger partial charge in [0.2, 0.25) is 0 Å². The van der Waals surface area contributed by atoms with Gasteiger partial charge in [0.1, 0.15) is 11.2 Å². The number of hydrogen-bond donors (Lipinski definition) is 0. The highest BCUT2D eigenvalue weighted by Crippen LogP contribution is 2.64. The largest absolute Gasteiger partial charge is 0.456 e. The fourth-order valence-corrected chi connectivity index (χ4v) is 16.8. The molecule has 2 unspecified atom stereocenters. The summed E-state index contributed by atoms with van der Waals surface area (Å²) in [6.45, 7) is 17.3. The summed E-state index contributed by atoms with van der Waals surface area (Å²) in [6.07, 6.45) is 6.64. The van der Waals surface area contributed by atoms with E-state index in [2.05, 4.69) is 4.98 Å². The van der Waals surface area contributed by atoms with Gasteiger partial charge in [-0.25, -0.2) is 0 Å². The number of hydrogen-bond acceptors (Lipinski definition) is 5. The first kappa shape index (κ1) is 31.5. The van der Waals surface area contributed by atoms with Crippen molar-refractivity contribution in [2.45, 2.75) is 174 Å². The Balaban J connectivity index is 1.20. The molecule has 2 atom stereocenters. The van der Waals surface area contributed by atoms with Gasteiger partial charge in [0.05, 0.1) is 44.3 Å². The Morgan fingerprint density at radius 1 is 0.615 bits per heavy atom.